The van der Waals surface area contributed by atoms with Crippen LogP contribution in [-0.4, -0.2) is 30.0 Å². The van der Waals surface area contributed by atoms with Gasteiger partial charge in [-0.25, -0.2) is 18.4 Å². The average molecular weight is 221 g/mol. The van der Waals surface area contributed by atoms with Gasteiger partial charge in [-0.15, -0.1) is 11.6 Å². The molecule has 0 amide bonds. The maximum Gasteiger partial charge on any atom is 0.196 e. The van der Waals surface area contributed by atoms with E-state index in [1.54, 1.807) is 6.92 Å². The van der Waals surface area contributed by atoms with Gasteiger partial charge in [-0.05, 0) is 13.0 Å². The minimum atomic E-state index is -3.32. The van der Waals surface area contributed by atoms with E-state index in [1.165, 1.54) is 12.3 Å². The number of halogens is 1. The largest absolute Gasteiger partial charge is 0.242 e. The molecule has 0 unspecified atom stereocenters. The van der Waals surface area contributed by atoms with Crippen molar-refractivity contribution in [1.82, 2.24) is 9.97 Å². The lowest BCUT2D eigenvalue weighted by molar-refractivity contribution is 0.592. The summed E-state index contributed by atoms with van der Waals surface area (Å²) in [7, 11) is -3.32. The van der Waals surface area contributed by atoms with Gasteiger partial charge in [0, 0.05) is 12.1 Å². The van der Waals surface area contributed by atoms with Crippen molar-refractivity contribution in [3.05, 3.63) is 18.1 Å². The monoisotopic (exact) mass is 220 g/mol. The number of aryl methyl sites for hydroxylation is 1. The Morgan fingerprint density at radius 1 is 1.54 bits per heavy atom. The van der Waals surface area contributed by atoms with E-state index in [0.29, 0.717) is 5.82 Å². The fourth-order valence-corrected chi connectivity index (χ4v) is 2.37. The highest BCUT2D eigenvalue weighted by atomic mass is 35.5. The van der Waals surface area contributed by atoms with Crippen LogP contribution >= 0.6 is 11.6 Å². The second kappa shape index (κ2) is 4.02. The normalized spacial score (nSPS) is 11.5. The van der Waals surface area contributed by atoms with E-state index in [1.807, 2.05) is 0 Å². The molecule has 1 aromatic heterocycles. The summed E-state index contributed by atoms with van der Waals surface area (Å²) in [5.41, 5.74) is 0. The molecule has 0 spiro atoms. The van der Waals surface area contributed by atoms with Crippen molar-refractivity contribution in [1.29, 1.82) is 0 Å². The Kier molecular flexibility index (Phi) is 3.22. The van der Waals surface area contributed by atoms with Gasteiger partial charge in [-0.3, -0.25) is 0 Å². The van der Waals surface area contributed by atoms with Gasteiger partial charge >= 0.3 is 0 Å². The molecular weight excluding hydrogens is 212 g/mol. The summed E-state index contributed by atoms with van der Waals surface area (Å²) in [4.78, 5) is 7.61. The van der Waals surface area contributed by atoms with Crippen molar-refractivity contribution in [2.45, 2.75) is 11.9 Å². The molecular formula is C7H9ClN2O2S. The van der Waals surface area contributed by atoms with E-state index >= 15 is 0 Å². The fraction of sp³-hybridized carbons (Fsp3) is 0.429. The summed E-state index contributed by atoms with van der Waals surface area (Å²) < 4.78 is 22.8. The Morgan fingerprint density at radius 3 is 2.77 bits per heavy atom. The molecule has 0 atom stereocenters. The lowest BCUT2D eigenvalue weighted by Crippen LogP contribution is -2.10. The van der Waals surface area contributed by atoms with Gasteiger partial charge in [0.05, 0.1) is 5.75 Å². The molecule has 0 radical (unpaired) electrons. The maximum atomic E-state index is 11.4. The number of alkyl halides is 1. The summed E-state index contributed by atoms with van der Waals surface area (Å²) in [6, 6.07) is 1.37. The van der Waals surface area contributed by atoms with Crippen LogP contribution in [0.5, 0.6) is 0 Å². The zero-order chi connectivity index (χ0) is 9.90. The van der Waals surface area contributed by atoms with Crippen LogP contribution in [0.15, 0.2) is 17.3 Å². The predicted octanol–water partition coefficient (Wildman–Crippen LogP) is 0.798. The van der Waals surface area contributed by atoms with Crippen LogP contribution in [0.3, 0.4) is 0 Å². The standard InChI is InChI=1S/C7H9ClN2O2S/c1-6-9-4-2-7(10-6)13(11,12)5-3-8/h2,4H,3,5H2,1H3. The molecule has 6 heteroatoms. The molecule has 0 saturated carbocycles. The Labute approximate surface area is 81.9 Å². The molecule has 0 saturated heterocycles. The molecule has 13 heavy (non-hydrogen) atoms. The third kappa shape index (κ3) is 2.63. The molecule has 1 rings (SSSR count). The molecule has 0 N–H and O–H groups in total. The van der Waals surface area contributed by atoms with E-state index in [2.05, 4.69) is 9.97 Å². The molecule has 0 aliphatic carbocycles. The minimum Gasteiger partial charge on any atom is -0.242 e. The Hall–Kier alpha value is -0.680. The number of hydrogen-bond acceptors (Lipinski definition) is 4. The molecule has 72 valence electrons. The van der Waals surface area contributed by atoms with Crippen LogP contribution in [0.2, 0.25) is 0 Å². The van der Waals surface area contributed by atoms with Crippen molar-refractivity contribution in [2.75, 3.05) is 11.6 Å². The first-order valence-corrected chi connectivity index (χ1v) is 5.83. The number of sulfone groups is 1. The van der Waals surface area contributed by atoms with Crippen LogP contribution in [0, 0.1) is 6.92 Å². The molecule has 0 aromatic carbocycles. The second-order valence-corrected chi connectivity index (χ2v) is 4.88. The summed E-state index contributed by atoms with van der Waals surface area (Å²) >= 11 is 5.35. The van der Waals surface area contributed by atoms with Crippen molar-refractivity contribution in [2.24, 2.45) is 0 Å². The van der Waals surface area contributed by atoms with Crippen molar-refractivity contribution < 1.29 is 8.42 Å². The third-order valence-corrected chi connectivity index (χ3v) is 3.43. The van der Waals surface area contributed by atoms with Gasteiger partial charge in [0.25, 0.3) is 0 Å². The summed E-state index contributed by atoms with van der Waals surface area (Å²) in [6.45, 7) is 1.64. The van der Waals surface area contributed by atoms with Gasteiger partial charge in [-0.2, -0.15) is 0 Å². The Bertz CT molecular complexity index is 391. The van der Waals surface area contributed by atoms with E-state index in [4.69, 9.17) is 11.6 Å². The van der Waals surface area contributed by atoms with E-state index in [-0.39, 0.29) is 16.7 Å². The number of aromatic nitrogens is 2. The molecule has 4 nitrogen and oxygen atoms in total. The number of rotatable bonds is 3. The Balaban J connectivity index is 3.08. The van der Waals surface area contributed by atoms with Gasteiger partial charge < -0.3 is 0 Å². The van der Waals surface area contributed by atoms with E-state index in [9.17, 15) is 8.42 Å². The number of nitrogens with zero attached hydrogens (tertiary/aromatic N) is 2. The van der Waals surface area contributed by atoms with Crippen LogP contribution in [-0.2, 0) is 9.84 Å². The third-order valence-electron chi connectivity index (χ3n) is 1.42. The molecule has 1 heterocycles. The topological polar surface area (TPSA) is 59.9 Å². The summed E-state index contributed by atoms with van der Waals surface area (Å²) in [5, 5.41) is 0.0423. The highest BCUT2D eigenvalue weighted by molar-refractivity contribution is 7.91. The van der Waals surface area contributed by atoms with Crippen molar-refractivity contribution in [3.8, 4) is 0 Å². The van der Waals surface area contributed by atoms with Crippen LogP contribution < -0.4 is 0 Å². The quantitative estimate of drug-likeness (QED) is 0.559. The molecule has 0 fully saturated rings. The highest BCUT2D eigenvalue weighted by Crippen LogP contribution is 2.07. The van der Waals surface area contributed by atoms with Crippen LogP contribution in [0.25, 0.3) is 0 Å². The first-order chi connectivity index (χ1) is 6.06. The van der Waals surface area contributed by atoms with Gasteiger partial charge in [0.2, 0.25) is 0 Å². The predicted molar refractivity (Wildman–Crippen MR) is 49.5 cm³/mol. The smallest absolute Gasteiger partial charge is 0.196 e. The zero-order valence-corrected chi connectivity index (χ0v) is 8.64. The molecule has 1 aromatic rings. The SMILES string of the molecule is Cc1nccc(S(=O)(=O)CCCl)n1. The lowest BCUT2D eigenvalue weighted by Gasteiger charge is -2.00. The van der Waals surface area contributed by atoms with Crippen molar-refractivity contribution >= 4 is 21.4 Å². The second-order valence-electron chi connectivity index (χ2n) is 2.45. The molecule has 0 aliphatic heterocycles. The van der Waals surface area contributed by atoms with Gasteiger partial charge in [0.1, 0.15) is 5.82 Å². The van der Waals surface area contributed by atoms with Gasteiger partial charge in [-0.1, -0.05) is 0 Å². The van der Waals surface area contributed by atoms with E-state index < -0.39 is 9.84 Å². The first kappa shape index (κ1) is 10.4. The lowest BCUT2D eigenvalue weighted by atomic mass is 10.6. The summed E-state index contributed by atoms with van der Waals surface area (Å²) in [6.07, 6.45) is 1.42. The van der Waals surface area contributed by atoms with Crippen molar-refractivity contribution in [3.63, 3.8) is 0 Å². The zero-order valence-electron chi connectivity index (χ0n) is 7.07. The minimum absolute atomic E-state index is 0.0423. The summed E-state index contributed by atoms with van der Waals surface area (Å²) in [5.74, 6) is 0.423. The van der Waals surface area contributed by atoms with Crippen LogP contribution in [0.1, 0.15) is 5.82 Å². The highest BCUT2D eigenvalue weighted by Gasteiger charge is 2.14. The first-order valence-electron chi connectivity index (χ1n) is 3.64. The van der Waals surface area contributed by atoms with E-state index in [0.717, 1.165) is 0 Å². The molecule has 0 aliphatic rings. The Morgan fingerprint density at radius 2 is 2.23 bits per heavy atom. The molecule has 0 bridgehead atoms. The maximum absolute atomic E-state index is 11.4. The van der Waals surface area contributed by atoms with Crippen LogP contribution in [0.4, 0.5) is 0 Å². The average Bonchev–Trinajstić information content (AvgIpc) is 2.04. The van der Waals surface area contributed by atoms with Gasteiger partial charge in [0.15, 0.2) is 14.9 Å². The fourth-order valence-electron chi connectivity index (χ4n) is 0.814. The number of hydrogen-bond donors (Lipinski definition) is 0.